The fourth-order valence-electron chi connectivity index (χ4n) is 4.30. The van der Waals surface area contributed by atoms with Crippen molar-refractivity contribution in [2.24, 2.45) is 0 Å². The van der Waals surface area contributed by atoms with Crippen molar-refractivity contribution in [2.75, 3.05) is 13.7 Å². The number of nitrogens with zero attached hydrogens (tertiary/aromatic N) is 2. The molecule has 0 aliphatic rings. The Balaban J connectivity index is 1.91. The summed E-state index contributed by atoms with van der Waals surface area (Å²) in [7, 11) is 1.50. The van der Waals surface area contributed by atoms with Gasteiger partial charge in [-0.05, 0) is 43.3 Å². The van der Waals surface area contributed by atoms with E-state index in [0.717, 1.165) is 11.5 Å². The van der Waals surface area contributed by atoms with E-state index in [-0.39, 0.29) is 24.4 Å². The van der Waals surface area contributed by atoms with Gasteiger partial charge < -0.3 is 18.5 Å². The standard InChI is InChI=1S/C26H20F2N2O4/c1-3-33-26(31)24-23(18-5-4-11-29-25(18)32-2)22-17-10-12-34-21(17)9-8-20(22)30(24)14-15-6-7-16(27)13-19(15)28/h4-13H,3,14H2,1-2H3. The average Bonchev–Trinajstić information content (AvgIpc) is 3.43. The summed E-state index contributed by atoms with van der Waals surface area (Å²) in [6, 6.07) is 12.3. The number of esters is 1. The van der Waals surface area contributed by atoms with Crippen LogP contribution >= 0.6 is 0 Å². The van der Waals surface area contributed by atoms with Crippen LogP contribution in [0, 0.1) is 11.6 Å². The molecule has 8 heteroatoms. The lowest BCUT2D eigenvalue weighted by molar-refractivity contribution is 0.0516. The second kappa shape index (κ2) is 8.62. The number of hydrogen-bond acceptors (Lipinski definition) is 5. The fourth-order valence-corrected chi connectivity index (χ4v) is 4.30. The SMILES string of the molecule is CCOC(=O)c1c(-c2cccnc2OC)c2c3ccoc3ccc2n1Cc1ccc(F)cc1F. The van der Waals surface area contributed by atoms with Crippen molar-refractivity contribution in [1.82, 2.24) is 9.55 Å². The number of fused-ring (bicyclic) bond motifs is 3. The highest BCUT2D eigenvalue weighted by molar-refractivity contribution is 6.18. The summed E-state index contributed by atoms with van der Waals surface area (Å²) in [5, 5.41) is 1.48. The molecule has 0 aliphatic carbocycles. The lowest BCUT2D eigenvalue weighted by atomic mass is 10.0. The Labute approximate surface area is 193 Å². The molecule has 0 fully saturated rings. The molecule has 0 amide bonds. The second-order valence-corrected chi connectivity index (χ2v) is 7.62. The Bertz CT molecular complexity index is 1540. The zero-order valence-corrected chi connectivity index (χ0v) is 18.5. The molecule has 0 saturated heterocycles. The third-order valence-corrected chi connectivity index (χ3v) is 5.71. The predicted molar refractivity (Wildman–Crippen MR) is 123 cm³/mol. The molecule has 0 aliphatic heterocycles. The third-order valence-electron chi connectivity index (χ3n) is 5.71. The van der Waals surface area contributed by atoms with E-state index in [1.54, 1.807) is 48.2 Å². The Morgan fingerprint density at radius 1 is 1.15 bits per heavy atom. The number of benzene rings is 2. The van der Waals surface area contributed by atoms with Crippen molar-refractivity contribution in [1.29, 1.82) is 0 Å². The summed E-state index contributed by atoms with van der Waals surface area (Å²) < 4.78 is 46.4. The largest absolute Gasteiger partial charge is 0.481 e. The summed E-state index contributed by atoms with van der Waals surface area (Å²) in [6.07, 6.45) is 3.16. The van der Waals surface area contributed by atoms with Crippen LogP contribution in [0.25, 0.3) is 33.0 Å². The maximum absolute atomic E-state index is 14.7. The van der Waals surface area contributed by atoms with Gasteiger partial charge in [-0.15, -0.1) is 0 Å². The van der Waals surface area contributed by atoms with Crippen LogP contribution in [-0.4, -0.2) is 29.2 Å². The van der Waals surface area contributed by atoms with Crippen molar-refractivity contribution in [3.63, 3.8) is 0 Å². The van der Waals surface area contributed by atoms with E-state index in [4.69, 9.17) is 13.9 Å². The van der Waals surface area contributed by atoms with E-state index in [1.165, 1.54) is 19.2 Å². The first-order valence-corrected chi connectivity index (χ1v) is 10.7. The van der Waals surface area contributed by atoms with Gasteiger partial charge in [0.2, 0.25) is 5.88 Å². The number of hydrogen-bond donors (Lipinski definition) is 0. The van der Waals surface area contributed by atoms with Gasteiger partial charge in [-0.1, -0.05) is 6.07 Å². The Morgan fingerprint density at radius 3 is 2.76 bits per heavy atom. The molecule has 5 aromatic rings. The molecule has 0 radical (unpaired) electrons. The number of methoxy groups -OCH3 is 1. The highest BCUT2D eigenvalue weighted by atomic mass is 19.1. The molecule has 3 aromatic heterocycles. The van der Waals surface area contributed by atoms with Crippen LogP contribution in [0.2, 0.25) is 0 Å². The first kappa shape index (κ1) is 21.6. The van der Waals surface area contributed by atoms with Crippen LogP contribution in [0.1, 0.15) is 23.0 Å². The second-order valence-electron chi connectivity index (χ2n) is 7.62. The lowest BCUT2D eigenvalue weighted by Crippen LogP contribution is -2.15. The number of pyridine rings is 1. The van der Waals surface area contributed by atoms with Crippen LogP contribution < -0.4 is 4.74 Å². The molecule has 0 N–H and O–H groups in total. The van der Waals surface area contributed by atoms with E-state index in [9.17, 15) is 13.6 Å². The number of carbonyl (C=O) groups excluding carboxylic acids is 1. The maximum Gasteiger partial charge on any atom is 0.355 e. The summed E-state index contributed by atoms with van der Waals surface area (Å²) in [6.45, 7) is 1.84. The first-order chi connectivity index (χ1) is 16.5. The van der Waals surface area contributed by atoms with Crippen molar-refractivity contribution in [3.8, 4) is 17.0 Å². The number of rotatable bonds is 6. The lowest BCUT2D eigenvalue weighted by Gasteiger charge is -2.13. The maximum atomic E-state index is 14.7. The van der Waals surface area contributed by atoms with Crippen LogP contribution in [0.5, 0.6) is 5.88 Å². The van der Waals surface area contributed by atoms with Crippen molar-refractivity contribution < 1.29 is 27.5 Å². The van der Waals surface area contributed by atoms with Gasteiger partial charge in [0.05, 0.1) is 32.0 Å². The topological polar surface area (TPSA) is 66.5 Å². The molecular formula is C26H20F2N2O4. The molecule has 2 aromatic carbocycles. The molecule has 0 unspecified atom stereocenters. The number of ether oxygens (including phenoxy) is 2. The summed E-state index contributed by atoms with van der Waals surface area (Å²) in [5.74, 6) is -1.65. The highest BCUT2D eigenvalue weighted by Gasteiger charge is 2.29. The summed E-state index contributed by atoms with van der Waals surface area (Å²) in [4.78, 5) is 17.7. The Hall–Kier alpha value is -4.20. The van der Waals surface area contributed by atoms with Gasteiger partial charge in [0, 0.05) is 39.7 Å². The normalized spacial score (nSPS) is 11.3. The zero-order chi connectivity index (χ0) is 23.8. The Kier molecular flexibility index (Phi) is 5.49. The van der Waals surface area contributed by atoms with Gasteiger partial charge in [0.25, 0.3) is 0 Å². The van der Waals surface area contributed by atoms with E-state index in [2.05, 4.69) is 4.98 Å². The van der Waals surface area contributed by atoms with Crippen LogP contribution in [0.15, 0.2) is 65.4 Å². The van der Waals surface area contributed by atoms with E-state index in [1.807, 2.05) is 6.07 Å². The van der Waals surface area contributed by atoms with E-state index >= 15 is 0 Å². The van der Waals surface area contributed by atoms with Gasteiger partial charge >= 0.3 is 5.97 Å². The van der Waals surface area contributed by atoms with E-state index in [0.29, 0.717) is 33.5 Å². The predicted octanol–water partition coefficient (Wildman–Crippen LogP) is 5.96. The van der Waals surface area contributed by atoms with Gasteiger partial charge in [0.15, 0.2) is 0 Å². The molecule has 6 nitrogen and oxygen atoms in total. The Morgan fingerprint density at radius 2 is 2.00 bits per heavy atom. The van der Waals surface area contributed by atoms with Crippen LogP contribution in [0.3, 0.4) is 0 Å². The highest BCUT2D eigenvalue weighted by Crippen LogP contribution is 2.43. The smallest absolute Gasteiger partial charge is 0.355 e. The molecule has 0 saturated carbocycles. The van der Waals surface area contributed by atoms with Gasteiger partial charge in [-0.3, -0.25) is 0 Å². The van der Waals surface area contributed by atoms with Gasteiger partial charge in [0.1, 0.15) is 22.9 Å². The molecular weight excluding hydrogens is 442 g/mol. The fraction of sp³-hybridized carbons (Fsp3) is 0.154. The molecule has 34 heavy (non-hydrogen) atoms. The molecule has 0 atom stereocenters. The average molecular weight is 462 g/mol. The molecule has 3 heterocycles. The van der Waals surface area contributed by atoms with Crippen molar-refractivity contribution in [2.45, 2.75) is 13.5 Å². The van der Waals surface area contributed by atoms with Crippen molar-refractivity contribution in [3.05, 3.63) is 83.9 Å². The number of furan rings is 1. The third kappa shape index (κ3) is 3.48. The number of aromatic nitrogens is 2. The van der Waals surface area contributed by atoms with E-state index < -0.39 is 17.6 Å². The minimum absolute atomic E-state index is 0.0251. The molecule has 5 rings (SSSR count). The van der Waals surface area contributed by atoms with Gasteiger partial charge in [-0.25, -0.2) is 18.6 Å². The molecule has 172 valence electrons. The zero-order valence-electron chi connectivity index (χ0n) is 18.5. The first-order valence-electron chi connectivity index (χ1n) is 10.7. The molecule has 0 spiro atoms. The van der Waals surface area contributed by atoms with Crippen LogP contribution in [-0.2, 0) is 11.3 Å². The van der Waals surface area contributed by atoms with Crippen LogP contribution in [0.4, 0.5) is 8.78 Å². The van der Waals surface area contributed by atoms with Gasteiger partial charge in [-0.2, -0.15) is 0 Å². The monoisotopic (exact) mass is 462 g/mol. The minimum atomic E-state index is -0.707. The number of carbonyl (C=O) groups is 1. The number of halogens is 2. The summed E-state index contributed by atoms with van der Waals surface area (Å²) >= 11 is 0. The summed E-state index contributed by atoms with van der Waals surface area (Å²) in [5.41, 5.74) is 2.82. The van der Waals surface area contributed by atoms with Crippen molar-refractivity contribution >= 4 is 27.8 Å². The molecule has 0 bridgehead atoms. The minimum Gasteiger partial charge on any atom is -0.481 e. The quantitative estimate of drug-likeness (QED) is 0.291.